The van der Waals surface area contributed by atoms with Crippen LogP contribution in [0.5, 0.6) is 0 Å². The lowest BCUT2D eigenvalue weighted by Gasteiger charge is -2.23. The van der Waals surface area contributed by atoms with Crippen LogP contribution >= 0.6 is 11.8 Å². The third-order valence-corrected chi connectivity index (χ3v) is 4.18. The summed E-state index contributed by atoms with van der Waals surface area (Å²) in [5.74, 6) is 2.43. The second kappa shape index (κ2) is 5.45. The predicted octanol–water partition coefficient (Wildman–Crippen LogP) is 2.78. The molecule has 1 aliphatic heterocycles. The number of hydrogen-bond acceptors (Lipinski definition) is 4. The Morgan fingerprint density at radius 2 is 2.35 bits per heavy atom. The van der Waals surface area contributed by atoms with E-state index in [2.05, 4.69) is 5.32 Å². The third-order valence-electron chi connectivity index (χ3n) is 2.96. The minimum Gasteiger partial charge on any atom is -0.398 e. The van der Waals surface area contributed by atoms with Crippen LogP contribution in [0.15, 0.2) is 18.2 Å². The van der Waals surface area contributed by atoms with Crippen LogP contribution < -0.4 is 11.1 Å². The highest BCUT2D eigenvalue weighted by molar-refractivity contribution is 7.99. The van der Waals surface area contributed by atoms with E-state index in [0.29, 0.717) is 17.3 Å². The van der Waals surface area contributed by atoms with Crippen LogP contribution in [0.3, 0.4) is 0 Å². The molecule has 1 heterocycles. The van der Waals surface area contributed by atoms with E-state index in [-0.39, 0.29) is 5.78 Å². The van der Waals surface area contributed by atoms with Crippen LogP contribution in [0.2, 0.25) is 0 Å². The number of nitrogens with one attached hydrogen (secondary N) is 1. The maximum absolute atomic E-state index is 11.3. The smallest absolute Gasteiger partial charge is 0.161 e. The van der Waals surface area contributed by atoms with Gasteiger partial charge in [0.1, 0.15) is 0 Å². The van der Waals surface area contributed by atoms with E-state index in [1.165, 1.54) is 25.5 Å². The summed E-state index contributed by atoms with van der Waals surface area (Å²) in [6, 6.07) is 6.12. The largest absolute Gasteiger partial charge is 0.398 e. The molecule has 0 amide bonds. The molecule has 0 spiro atoms. The van der Waals surface area contributed by atoms with E-state index in [1.54, 1.807) is 6.07 Å². The van der Waals surface area contributed by atoms with Gasteiger partial charge in [0.2, 0.25) is 0 Å². The molecular weight excluding hydrogens is 232 g/mol. The topological polar surface area (TPSA) is 55.1 Å². The van der Waals surface area contributed by atoms with Gasteiger partial charge in [0.05, 0.1) is 0 Å². The molecule has 0 saturated carbocycles. The summed E-state index contributed by atoms with van der Waals surface area (Å²) in [5.41, 5.74) is 8.04. The number of nitrogens with two attached hydrogens (primary N) is 1. The van der Waals surface area contributed by atoms with E-state index >= 15 is 0 Å². The molecule has 17 heavy (non-hydrogen) atoms. The van der Waals surface area contributed by atoms with Gasteiger partial charge in [-0.05, 0) is 43.7 Å². The molecule has 0 radical (unpaired) electrons. The summed E-state index contributed by atoms with van der Waals surface area (Å²) < 4.78 is 0. The van der Waals surface area contributed by atoms with Crippen molar-refractivity contribution in [2.24, 2.45) is 0 Å². The first-order valence-electron chi connectivity index (χ1n) is 5.91. The fourth-order valence-corrected chi connectivity index (χ4v) is 3.14. The normalized spacial score (nSPS) is 19.9. The first-order valence-corrected chi connectivity index (χ1v) is 7.07. The van der Waals surface area contributed by atoms with Crippen molar-refractivity contribution in [3.8, 4) is 0 Å². The average Bonchev–Trinajstić information content (AvgIpc) is 2.30. The van der Waals surface area contributed by atoms with Crippen molar-refractivity contribution in [3.05, 3.63) is 23.8 Å². The Labute approximate surface area is 106 Å². The van der Waals surface area contributed by atoms with Gasteiger partial charge in [0, 0.05) is 28.7 Å². The highest BCUT2D eigenvalue weighted by atomic mass is 32.2. The second-order valence-electron chi connectivity index (χ2n) is 4.42. The molecule has 3 nitrogen and oxygen atoms in total. The number of anilines is 2. The molecule has 1 saturated heterocycles. The molecule has 1 aliphatic rings. The molecule has 1 aromatic rings. The van der Waals surface area contributed by atoms with Gasteiger partial charge in [-0.25, -0.2) is 0 Å². The first-order chi connectivity index (χ1) is 8.16. The minimum atomic E-state index is 0.0160. The Hall–Kier alpha value is -1.16. The summed E-state index contributed by atoms with van der Waals surface area (Å²) in [6.07, 6.45) is 2.48. The zero-order chi connectivity index (χ0) is 12.3. The van der Waals surface area contributed by atoms with E-state index in [9.17, 15) is 4.79 Å². The molecular formula is C13H18N2OS. The van der Waals surface area contributed by atoms with Crippen molar-refractivity contribution in [2.75, 3.05) is 22.6 Å². The van der Waals surface area contributed by atoms with E-state index in [1.807, 2.05) is 23.9 Å². The number of carbonyl (C=O) groups is 1. The number of benzene rings is 1. The number of thioether (sulfide) groups is 1. The number of rotatable bonds is 3. The van der Waals surface area contributed by atoms with Crippen molar-refractivity contribution in [2.45, 2.75) is 25.8 Å². The SMILES string of the molecule is CC(=O)c1ccc(NC2CCCSC2)cc1N. The quantitative estimate of drug-likeness (QED) is 0.640. The van der Waals surface area contributed by atoms with Gasteiger partial charge in [0.25, 0.3) is 0 Å². The van der Waals surface area contributed by atoms with Crippen molar-refractivity contribution >= 4 is 28.9 Å². The summed E-state index contributed by atoms with van der Waals surface area (Å²) in [5, 5.41) is 3.48. The van der Waals surface area contributed by atoms with Gasteiger partial charge in [-0.3, -0.25) is 4.79 Å². The standard InChI is InChI=1S/C13H18N2OS/c1-9(16)12-5-4-10(7-13(12)14)15-11-3-2-6-17-8-11/h4-5,7,11,15H,2-3,6,8,14H2,1H3. The summed E-state index contributed by atoms with van der Waals surface area (Å²) in [7, 11) is 0. The monoisotopic (exact) mass is 250 g/mol. The van der Waals surface area contributed by atoms with Crippen molar-refractivity contribution in [1.82, 2.24) is 0 Å². The molecule has 4 heteroatoms. The van der Waals surface area contributed by atoms with Gasteiger partial charge in [0.15, 0.2) is 5.78 Å². The van der Waals surface area contributed by atoms with Crippen molar-refractivity contribution < 1.29 is 4.79 Å². The van der Waals surface area contributed by atoms with Gasteiger partial charge in [-0.2, -0.15) is 11.8 Å². The molecule has 92 valence electrons. The Morgan fingerprint density at radius 1 is 1.53 bits per heavy atom. The molecule has 0 aliphatic carbocycles. The Kier molecular flexibility index (Phi) is 3.94. The number of ketones is 1. The third kappa shape index (κ3) is 3.16. The molecule has 0 aromatic heterocycles. The fourth-order valence-electron chi connectivity index (χ4n) is 2.06. The first kappa shape index (κ1) is 12.3. The van der Waals surface area contributed by atoms with Gasteiger partial charge >= 0.3 is 0 Å². The average molecular weight is 250 g/mol. The van der Waals surface area contributed by atoms with Crippen LogP contribution in [0, 0.1) is 0 Å². The zero-order valence-electron chi connectivity index (χ0n) is 10.0. The number of hydrogen-bond donors (Lipinski definition) is 2. The van der Waals surface area contributed by atoms with Crippen LogP contribution in [0.25, 0.3) is 0 Å². The lowest BCUT2D eigenvalue weighted by molar-refractivity contribution is 0.101. The molecule has 0 bridgehead atoms. The Morgan fingerprint density at radius 3 is 2.94 bits per heavy atom. The lowest BCUT2D eigenvalue weighted by atomic mass is 10.1. The highest BCUT2D eigenvalue weighted by Crippen LogP contribution is 2.23. The molecule has 3 N–H and O–H groups in total. The minimum absolute atomic E-state index is 0.0160. The summed E-state index contributed by atoms with van der Waals surface area (Å²) in [4.78, 5) is 11.3. The summed E-state index contributed by atoms with van der Waals surface area (Å²) in [6.45, 7) is 1.54. The Bertz CT molecular complexity index is 414. The summed E-state index contributed by atoms with van der Waals surface area (Å²) >= 11 is 1.99. The van der Waals surface area contributed by atoms with Gasteiger partial charge in [-0.15, -0.1) is 0 Å². The van der Waals surface area contributed by atoms with Crippen molar-refractivity contribution in [3.63, 3.8) is 0 Å². The Balaban J connectivity index is 2.06. The molecule has 2 rings (SSSR count). The maximum atomic E-state index is 11.3. The van der Waals surface area contributed by atoms with Crippen LogP contribution in [-0.2, 0) is 0 Å². The highest BCUT2D eigenvalue weighted by Gasteiger charge is 2.14. The molecule has 1 fully saturated rings. The fraction of sp³-hybridized carbons (Fsp3) is 0.462. The van der Waals surface area contributed by atoms with Crippen LogP contribution in [0.1, 0.15) is 30.1 Å². The molecule has 1 aromatic carbocycles. The van der Waals surface area contributed by atoms with E-state index in [4.69, 9.17) is 5.73 Å². The lowest BCUT2D eigenvalue weighted by Crippen LogP contribution is -2.25. The maximum Gasteiger partial charge on any atom is 0.161 e. The zero-order valence-corrected chi connectivity index (χ0v) is 10.8. The number of nitrogen functional groups attached to an aromatic ring is 1. The number of carbonyl (C=O) groups excluding carboxylic acids is 1. The van der Waals surface area contributed by atoms with Crippen LogP contribution in [-0.4, -0.2) is 23.3 Å². The molecule has 1 unspecified atom stereocenters. The molecule has 1 atom stereocenters. The van der Waals surface area contributed by atoms with Gasteiger partial charge < -0.3 is 11.1 Å². The predicted molar refractivity (Wildman–Crippen MR) is 74.8 cm³/mol. The van der Waals surface area contributed by atoms with E-state index in [0.717, 1.165) is 11.4 Å². The van der Waals surface area contributed by atoms with Crippen LogP contribution in [0.4, 0.5) is 11.4 Å². The van der Waals surface area contributed by atoms with Crippen molar-refractivity contribution in [1.29, 1.82) is 0 Å². The number of Topliss-reactive ketones (excluding diaryl/α,β-unsaturated/α-hetero) is 1. The van der Waals surface area contributed by atoms with E-state index < -0.39 is 0 Å². The second-order valence-corrected chi connectivity index (χ2v) is 5.57. The van der Waals surface area contributed by atoms with Gasteiger partial charge in [-0.1, -0.05) is 0 Å².